The van der Waals surface area contributed by atoms with Crippen LogP contribution in [0.5, 0.6) is 0 Å². The minimum absolute atomic E-state index is 0.0464. The molecule has 22 heavy (non-hydrogen) atoms. The summed E-state index contributed by atoms with van der Waals surface area (Å²) in [6, 6.07) is 5.82. The van der Waals surface area contributed by atoms with Crippen LogP contribution < -0.4 is 10.6 Å². The van der Waals surface area contributed by atoms with E-state index in [4.69, 9.17) is 4.74 Å². The van der Waals surface area contributed by atoms with E-state index >= 15 is 0 Å². The number of amides is 2. The van der Waals surface area contributed by atoms with Crippen LogP contribution in [0.25, 0.3) is 0 Å². The van der Waals surface area contributed by atoms with E-state index in [1.807, 2.05) is 13.8 Å². The Morgan fingerprint density at radius 3 is 2.50 bits per heavy atom. The molecule has 1 aromatic rings. The summed E-state index contributed by atoms with van der Waals surface area (Å²) in [7, 11) is 1.29. The average molecular weight is 306 g/mol. The second-order valence-corrected chi connectivity index (χ2v) is 5.12. The van der Waals surface area contributed by atoms with Crippen molar-refractivity contribution in [1.82, 2.24) is 5.32 Å². The van der Waals surface area contributed by atoms with Crippen molar-refractivity contribution in [2.45, 2.75) is 33.2 Å². The van der Waals surface area contributed by atoms with Gasteiger partial charge in [-0.05, 0) is 24.1 Å². The second kappa shape index (κ2) is 8.17. The van der Waals surface area contributed by atoms with Crippen LogP contribution in [-0.2, 0) is 14.3 Å². The Morgan fingerprint density at radius 1 is 1.27 bits per heavy atom. The van der Waals surface area contributed by atoms with Crippen molar-refractivity contribution in [2.24, 2.45) is 5.92 Å². The summed E-state index contributed by atoms with van der Waals surface area (Å²) in [5.41, 5.74) is 0.891. The lowest BCUT2D eigenvalue weighted by molar-refractivity contribution is -0.144. The lowest BCUT2D eigenvalue weighted by atomic mass is 9.99. The molecule has 0 saturated carbocycles. The van der Waals surface area contributed by atoms with Crippen LogP contribution in [-0.4, -0.2) is 30.9 Å². The molecule has 0 spiro atoms. The van der Waals surface area contributed by atoms with Crippen molar-refractivity contribution in [3.63, 3.8) is 0 Å². The fraction of sp³-hybridized carbons (Fsp3) is 0.438. The van der Waals surface area contributed by atoms with E-state index in [0.717, 1.165) is 6.42 Å². The van der Waals surface area contributed by atoms with Gasteiger partial charge in [0.15, 0.2) is 0 Å². The third-order valence-electron chi connectivity index (χ3n) is 3.40. The molecule has 0 heterocycles. The van der Waals surface area contributed by atoms with Gasteiger partial charge in [-0.25, -0.2) is 4.79 Å². The fourth-order valence-corrected chi connectivity index (χ4v) is 1.96. The lowest BCUT2D eigenvalue weighted by Crippen LogP contribution is -2.45. The Kier molecular flexibility index (Phi) is 6.56. The van der Waals surface area contributed by atoms with Gasteiger partial charge in [0, 0.05) is 18.2 Å². The topological polar surface area (TPSA) is 84.5 Å². The molecule has 1 aromatic carbocycles. The van der Waals surface area contributed by atoms with E-state index in [1.54, 1.807) is 24.3 Å². The molecule has 120 valence electrons. The first kappa shape index (κ1) is 17.7. The van der Waals surface area contributed by atoms with E-state index in [0.29, 0.717) is 11.3 Å². The summed E-state index contributed by atoms with van der Waals surface area (Å²) in [6.07, 6.45) is 0.728. The number of hydrogen-bond donors (Lipinski definition) is 2. The lowest BCUT2D eigenvalue weighted by Gasteiger charge is -2.22. The summed E-state index contributed by atoms with van der Waals surface area (Å²) < 4.78 is 4.74. The highest BCUT2D eigenvalue weighted by Crippen LogP contribution is 2.13. The maximum atomic E-state index is 12.3. The van der Waals surface area contributed by atoms with Crippen LogP contribution in [0.1, 0.15) is 37.6 Å². The molecule has 0 radical (unpaired) electrons. The number of anilines is 1. The molecular formula is C16H22N2O4. The van der Waals surface area contributed by atoms with E-state index in [-0.39, 0.29) is 17.7 Å². The number of nitrogens with one attached hydrogen (secondary N) is 2. The Labute approximate surface area is 130 Å². The number of carbonyl (C=O) groups excluding carboxylic acids is 3. The SMILES string of the molecule is CC[C@H](C)[C@H](NC(=O)c1cccc(NC(C)=O)c1)C(=O)OC. The molecule has 0 aliphatic carbocycles. The zero-order valence-corrected chi connectivity index (χ0v) is 13.3. The highest BCUT2D eigenvalue weighted by molar-refractivity contribution is 5.98. The average Bonchev–Trinajstić information content (AvgIpc) is 2.50. The quantitative estimate of drug-likeness (QED) is 0.787. The number of esters is 1. The number of rotatable bonds is 6. The highest BCUT2D eigenvalue weighted by atomic mass is 16.5. The van der Waals surface area contributed by atoms with Gasteiger partial charge in [-0.15, -0.1) is 0 Å². The van der Waals surface area contributed by atoms with E-state index in [2.05, 4.69) is 10.6 Å². The Balaban J connectivity index is 2.90. The zero-order valence-electron chi connectivity index (χ0n) is 13.3. The van der Waals surface area contributed by atoms with Gasteiger partial charge in [-0.1, -0.05) is 26.3 Å². The van der Waals surface area contributed by atoms with Crippen molar-refractivity contribution in [1.29, 1.82) is 0 Å². The molecule has 6 heteroatoms. The smallest absolute Gasteiger partial charge is 0.328 e. The minimum Gasteiger partial charge on any atom is -0.467 e. The van der Waals surface area contributed by atoms with Crippen LogP contribution in [0.2, 0.25) is 0 Å². The van der Waals surface area contributed by atoms with Crippen LogP contribution in [0, 0.1) is 5.92 Å². The van der Waals surface area contributed by atoms with Crippen LogP contribution in [0.3, 0.4) is 0 Å². The second-order valence-electron chi connectivity index (χ2n) is 5.12. The zero-order chi connectivity index (χ0) is 16.7. The molecule has 2 amide bonds. The first-order valence-electron chi connectivity index (χ1n) is 7.15. The number of ether oxygens (including phenoxy) is 1. The molecule has 0 fully saturated rings. The molecule has 0 unspecified atom stereocenters. The predicted molar refractivity (Wildman–Crippen MR) is 83.5 cm³/mol. The van der Waals surface area contributed by atoms with Crippen molar-refractivity contribution in [3.05, 3.63) is 29.8 Å². The molecule has 2 atom stereocenters. The van der Waals surface area contributed by atoms with Gasteiger partial charge in [0.25, 0.3) is 5.91 Å². The molecule has 0 saturated heterocycles. The van der Waals surface area contributed by atoms with Gasteiger partial charge in [0.05, 0.1) is 7.11 Å². The van der Waals surface area contributed by atoms with Gasteiger partial charge in [0.1, 0.15) is 6.04 Å². The van der Waals surface area contributed by atoms with Gasteiger partial charge in [-0.3, -0.25) is 9.59 Å². The van der Waals surface area contributed by atoms with Gasteiger partial charge < -0.3 is 15.4 Å². The van der Waals surface area contributed by atoms with Crippen LogP contribution >= 0.6 is 0 Å². The maximum absolute atomic E-state index is 12.3. The summed E-state index contributed by atoms with van der Waals surface area (Å²) in [6.45, 7) is 5.20. The van der Waals surface area contributed by atoms with Crippen molar-refractivity contribution >= 4 is 23.5 Å². The largest absolute Gasteiger partial charge is 0.467 e. The van der Waals surface area contributed by atoms with Gasteiger partial charge in [-0.2, -0.15) is 0 Å². The molecule has 1 rings (SSSR count). The van der Waals surface area contributed by atoms with E-state index in [9.17, 15) is 14.4 Å². The molecule has 2 N–H and O–H groups in total. The van der Waals surface area contributed by atoms with Crippen LogP contribution in [0.15, 0.2) is 24.3 Å². The number of benzene rings is 1. The van der Waals surface area contributed by atoms with Crippen molar-refractivity contribution < 1.29 is 19.1 Å². The predicted octanol–water partition coefficient (Wildman–Crippen LogP) is 1.96. The molecule has 0 bridgehead atoms. The van der Waals surface area contributed by atoms with Crippen molar-refractivity contribution in [2.75, 3.05) is 12.4 Å². The third kappa shape index (κ3) is 4.87. The van der Waals surface area contributed by atoms with Gasteiger partial charge in [0.2, 0.25) is 5.91 Å². The Hall–Kier alpha value is -2.37. The molecule has 0 aromatic heterocycles. The monoisotopic (exact) mass is 306 g/mol. The summed E-state index contributed by atoms with van der Waals surface area (Å²) in [5.74, 6) is -1.12. The number of carbonyl (C=O) groups is 3. The van der Waals surface area contributed by atoms with E-state index in [1.165, 1.54) is 14.0 Å². The van der Waals surface area contributed by atoms with E-state index < -0.39 is 12.0 Å². The van der Waals surface area contributed by atoms with Crippen LogP contribution in [0.4, 0.5) is 5.69 Å². The number of hydrogen-bond acceptors (Lipinski definition) is 4. The molecule has 0 aliphatic rings. The third-order valence-corrected chi connectivity index (χ3v) is 3.40. The minimum atomic E-state index is -0.702. The number of methoxy groups -OCH3 is 1. The molecule has 6 nitrogen and oxygen atoms in total. The first-order chi connectivity index (χ1) is 10.4. The molecule has 0 aliphatic heterocycles. The standard InChI is InChI=1S/C16H22N2O4/c1-5-10(2)14(16(21)22-4)18-15(20)12-7-6-8-13(9-12)17-11(3)19/h6-10,14H,5H2,1-4H3,(H,17,19)(H,18,20)/t10-,14-/m0/s1. The maximum Gasteiger partial charge on any atom is 0.328 e. The van der Waals surface area contributed by atoms with Crippen molar-refractivity contribution in [3.8, 4) is 0 Å². The normalized spacial score (nSPS) is 12.9. The summed E-state index contributed by atoms with van der Waals surface area (Å²) in [5, 5.41) is 5.30. The first-order valence-corrected chi connectivity index (χ1v) is 7.15. The summed E-state index contributed by atoms with van der Waals surface area (Å²) >= 11 is 0. The highest BCUT2D eigenvalue weighted by Gasteiger charge is 2.27. The van der Waals surface area contributed by atoms with Gasteiger partial charge >= 0.3 is 5.97 Å². The fourth-order valence-electron chi connectivity index (χ4n) is 1.96. The summed E-state index contributed by atoms with van der Waals surface area (Å²) in [4.78, 5) is 35.2. The Morgan fingerprint density at radius 2 is 1.95 bits per heavy atom. The Bertz CT molecular complexity index is 557. The molecular weight excluding hydrogens is 284 g/mol.